The summed E-state index contributed by atoms with van der Waals surface area (Å²) in [6.07, 6.45) is 0.119. The molecular weight excluding hydrogens is 227 g/mol. The second-order valence-electron chi connectivity index (χ2n) is 3.84. The number of nitro benzene ring substituents is 1. The molecule has 0 saturated heterocycles. The first-order valence-corrected chi connectivity index (χ1v) is 5.32. The van der Waals surface area contributed by atoms with E-state index in [2.05, 4.69) is 5.32 Å². The van der Waals surface area contributed by atoms with Gasteiger partial charge in [0.2, 0.25) is 0 Å². The van der Waals surface area contributed by atoms with Crippen molar-refractivity contribution in [3.05, 3.63) is 39.7 Å². The van der Waals surface area contributed by atoms with Gasteiger partial charge in [0.15, 0.2) is 0 Å². The average molecular weight is 242 g/mol. The minimum atomic E-state index is -0.537. The van der Waals surface area contributed by atoms with Crippen LogP contribution in [0.5, 0.6) is 0 Å². The highest BCUT2D eigenvalue weighted by Gasteiger charge is 2.13. The predicted molar refractivity (Wildman–Crippen MR) is 61.1 cm³/mol. The lowest BCUT2D eigenvalue weighted by atomic mass is 10.1. The smallest absolute Gasteiger partial charge is 0.274 e. The highest BCUT2D eigenvalue weighted by Crippen LogP contribution is 2.19. The lowest BCUT2D eigenvalue weighted by molar-refractivity contribution is -0.385. The fourth-order valence-electron chi connectivity index (χ4n) is 1.41. The van der Waals surface area contributed by atoms with Crippen LogP contribution in [-0.4, -0.2) is 22.7 Å². The number of benzene rings is 1. The van der Waals surface area contributed by atoms with Gasteiger partial charge in [-0.15, -0.1) is 0 Å². The summed E-state index contributed by atoms with van der Waals surface area (Å²) in [5, 5.41) is 22.6. The molecule has 6 heteroatoms. The topological polar surface area (TPSA) is 75.4 Å². The van der Waals surface area contributed by atoms with Crippen LogP contribution >= 0.6 is 0 Å². The molecule has 0 aromatic heterocycles. The lowest BCUT2D eigenvalue weighted by Gasteiger charge is -2.07. The molecule has 0 heterocycles. The Kier molecular flexibility index (Phi) is 4.99. The van der Waals surface area contributed by atoms with Crippen molar-refractivity contribution in [1.29, 1.82) is 0 Å². The summed E-state index contributed by atoms with van der Waals surface area (Å²) < 4.78 is 13.0. The maximum Gasteiger partial charge on any atom is 0.274 e. The minimum Gasteiger partial charge on any atom is -0.393 e. The molecule has 1 atom stereocenters. The van der Waals surface area contributed by atoms with E-state index in [1.165, 1.54) is 0 Å². The van der Waals surface area contributed by atoms with E-state index in [1.54, 1.807) is 6.92 Å². The van der Waals surface area contributed by atoms with Crippen molar-refractivity contribution >= 4 is 5.69 Å². The van der Waals surface area contributed by atoms with Gasteiger partial charge in [-0.25, -0.2) is 4.39 Å². The zero-order valence-corrected chi connectivity index (χ0v) is 9.52. The first-order valence-electron chi connectivity index (χ1n) is 5.32. The minimum absolute atomic E-state index is 0.101. The quantitative estimate of drug-likeness (QED) is 0.451. The van der Waals surface area contributed by atoms with Crippen LogP contribution in [0.2, 0.25) is 0 Å². The molecule has 0 amide bonds. The van der Waals surface area contributed by atoms with Crippen LogP contribution in [-0.2, 0) is 6.54 Å². The van der Waals surface area contributed by atoms with Crippen molar-refractivity contribution in [1.82, 2.24) is 5.32 Å². The number of hydrogen-bond donors (Lipinski definition) is 2. The Balaban J connectivity index is 2.62. The number of halogens is 1. The van der Waals surface area contributed by atoms with Crippen molar-refractivity contribution in [2.24, 2.45) is 0 Å². The predicted octanol–water partition coefficient (Wildman–Crippen LogP) is 1.59. The first-order chi connectivity index (χ1) is 8.00. The van der Waals surface area contributed by atoms with E-state index < -0.39 is 16.8 Å². The molecule has 0 saturated carbocycles. The van der Waals surface area contributed by atoms with E-state index in [9.17, 15) is 14.5 Å². The summed E-state index contributed by atoms with van der Waals surface area (Å²) in [5.41, 5.74) is 0.205. The van der Waals surface area contributed by atoms with Gasteiger partial charge in [-0.1, -0.05) is 0 Å². The molecule has 17 heavy (non-hydrogen) atoms. The Hall–Kier alpha value is -1.53. The second kappa shape index (κ2) is 6.27. The van der Waals surface area contributed by atoms with E-state index in [4.69, 9.17) is 5.11 Å². The standard InChI is InChI=1S/C11H15FN2O3/c1-8(15)4-5-13-7-9-6-10(12)2-3-11(9)14(16)17/h2-3,6,8,13,15H,4-5,7H2,1H3. The summed E-state index contributed by atoms with van der Waals surface area (Å²) in [4.78, 5) is 10.2. The van der Waals surface area contributed by atoms with Crippen LogP contribution < -0.4 is 5.32 Å². The maximum absolute atomic E-state index is 13.0. The number of nitro groups is 1. The first kappa shape index (κ1) is 13.5. The number of nitrogens with zero attached hydrogens (tertiary/aromatic N) is 1. The van der Waals surface area contributed by atoms with Crippen molar-refractivity contribution in [3.63, 3.8) is 0 Å². The summed E-state index contributed by atoms with van der Waals surface area (Å²) in [6.45, 7) is 2.39. The van der Waals surface area contributed by atoms with Crippen LogP contribution in [0.15, 0.2) is 18.2 Å². The maximum atomic E-state index is 13.0. The molecule has 0 spiro atoms. The van der Waals surface area contributed by atoms with Gasteiger partial charge >= 0.3 is 0 Å². The monoisotopic (exact) mass is 242 g/mol. The van der Waals surface area contributed by atoms with Crippen LogP contribution in [0.25, 0.3) is 0 Å². The molecule has 0 aliphatic heterocycles. The third-order valence-electron chi connectivity index (χ3n) is 2.29. The summed E-state index contributed by atoms with van der Waals surface area (Å²) in [7, 11) is 0. The fraction of sp³-hybridized carbons (Fsp3) is 0.455. The van der Waals surface area contributed by atoms with Gasteiger partial charge in [0.25, 0.3) is 5.69 Å². The van der Waals surface area contributed by atoms with Gasteiger partial charge in [0, 0.05) is 18.2 Å². The molecular formula is C11H15FN2O3. The van der Waals surface area contributed by atoms with E-state index in [0.29, 0.717) is 18.5 Å². The van der Waals surface area contributed by atoms with E-state index in [-0.39, 0.29) is 12.2 Å². The van der Waals surface area contributed by atoms with Gasteiger partial charge < -0.3 is 10.4 Å². The van der Waals surface area contributed by atoms with Gasteiger partial charge in [-0.2, -0.15) is 0 Å². The Morgan fingerprint density at radius 1 is 1.59 bits per heavy atom. The highest BCUT2D eigenvalue weighted by molar-refractivity contribution is 5.40. The van der Waals surface area contributed by atoms with Gasteiger partial charge in [-0.3, -0.25) is 10.1 Å². The Morgan fingerprint density at radius 2 is 2.29 bits per heavy atom. The fourth-order valence-corrected chi connectivity index (χ4v) is 1.41. The molecule has 94 valence electrons. The molecule has 2 N–H and O–H groups in total. The Bertz CT molecular complexity index is 396. The van der Waals surface area contributed by atoms with Gasteiger partial charge in [0.1, 0.15) is 5.82 Å². The van der Waals surface area contributed by atoms with E-state index >= 15 is 0 Å². The molecule has 1 rings (SSSR count). The SMILES string of the molecule is CC(O)CCNCc1cc(F)ccc1[N+](=O)[O-]. The molecule has 0 radical (unpaired) electrons. The van der Waals surface area contributed by atoms with E-state index in [1.807, 2.05) is 0 Å². The summed E-state index contributed by atoms with van der Waals surface area (Å²) in [5.74, 6) is -0.497. The molecule has 5 nitrogen and oxygen atoms in total. The Labute approximate surface area is 98.4 Å². The third kappa shape index (κ3) is 4.46. The highest BCUT2D eigenvalue weighted by atomic mass is 19.1. The van der Waals surface area contributed by atoms with Crippen LogP contribution in [0.1, 0.15) is 18.9 Å². The number of nitrogens with one attached hydrogen (secondary N) is 1. The second-order valence-corrected chi connectivity index (χ2v) is 3.84. The van der Waals surface area contributed by atoms with Crippen molar-refractivity contribution in [2.45, 2.75) is 26.0 Å². The van der Waals surface area contributed by atoms with Gasteiger partial charge in [0.05, 0.1) is 11.0 Å². The van der Waals surface area contributed by atoms with Crippen molar-refractivity contribution in [3.8, 4) is 0 Å². The Morgan fingerprint density at radius 3 is 2.88 bits per heavy atom. The van der Waals surface area contributed by atoms with Crippen molar-refractivity contribution < 1.29 is 14.4 Å². The van der Waals surface area contributed by atoms with E-state index in [0.717, 1.165) is 18.2 Å². The number of aliphatic hydroxyl groups excluding tert-OH is 1. The number of hydrogen-bond acceptors (Lipinski definition) is 4. The van der Waals surface area contributed by atoms with Gasteiger partial charge in [-0.05, 0) is 32.0 Å². The normalized spacial score (nSPS) is 12.4. The zero-order valence-electron chi connectivity index (χ0n) is 9.52. The summed E-state index contributed by atoms with van der Waals surface area (Å²) >= 11 is 0. The molecule has 1 aromatic carbocycles. The number of rotatable bonds is 6. The average Bonchev–Trinajstić information content (AvgIpc) is 2.23. The van der Waals surface area contributed by atoms with Crippen molar-refractivity contribution in [2.75, 3.05) is 6.54 Å². The zero-order chi connectivity index (χ0) is 12.8. The molecule has 1 unspecified atom stereocenters. The summed E-state index contributed by atoms with van der Waals surface area (Å²) in [6, 6.07) is 3.37. The van der Waals surface area contributed by atoms with Crippen LogP contribution in [0.3, 0.4) is 0 Å². The lowest BCUT2D eigenvalue weighted by Crippen LogP contribution is -2.19. The van der Waals surface area contributed by atoms with Crippen LogP contribution in [0.4, 0.5) is 10.1 Å². The molecule has 1 aromatic rings. The van der Waals surface area contributed by atoms with Crippen LogP contribution in [0, 0.1) is 15.9 Å². The molecule has 0 fully saturated rings. The largest absolute Gasteiger partial charge is 0.393 e. The molecule has 0 aliphatic carbocycles. The third-order valence-corrected chi connectivity index (χ3v) is 2.29. The number of aliphatic hydroxyl groups is 1. The molecule has 0 aliphatic rings. The molecule has 0 bridgehead atoms.